The minimum atomic E-state index is 0.450. The van der Waals surface area contributed by atoms with Crippen LogP contribution in [0.2, 0.25) is 0 Å². The van der Waals surface area contributed by atoms with E-state index in [0.717, 1.165) is 19.4 Å². The quantitative estimate of drug-likeness (QED) is 0.468. The zero-order chi connectivity index (χ0) is 5.98. The summed E-state index contributed by atoms with van der Waals surface area (Å²) < 4.78 is 0. The monoisotopic (exact) mass is 114 g/mol. The van der Waals surface area contributed by atoms with Crippen LogP contribution in [0.15, 0.2) is 0 Å². The van der Waals surface area contributed by atoms with Crippen LogP contribution >= 0.6 is 0 Å². The maximum Gasteiger partial charge on any atom is 0.00656 e. The molecule has 2 nitrogen and oxygen atoms in total. The van der Waals surface area contributed by atoms with E-state index in [9.17, 15) is 0 Å². The Morgan fingerprint density at radius 2 is 2.38 bits per heavy atom. The summed E-state index contributed by atoms with van der Waals surface area (Å²) in [4.78, 5) is 0. The number of hydrogen-bond acceptors (Lipinski definition) is 2. The van der Waals surface area contributed by atoms with E-state index in [0.29, 0.717) is 12.1 Å². The molecule has 0 aliphatic carbocycles. The molecule has 1 saturated heterocycles. The van der Waals surface area contributed by atoms with Gasteiger partial charge in [-0.25, -0.2) is 0 Å². The van der Waals surface area contributed by atoms with Crippen LogP contribution in [0.1, 0.15) is 19.8 Å². The van der Waals surface area contributed by atoms with Crippen molar-refractivity contribution < 1.29 is 0 Å². The third-order valence-electron chi connectivity index (χ3n) is 1.66. The van der Waals surface area contributed by atoms with E-state index in [1.54, 1.807) is 0 Å². The molecule has 0 bridgehead atoms. The highest BCUT2D eigenvalue weighted by molar-refractivity contribution is 4.76. The first-order valence-electron chi connectivity index (χ1n) is 3.28. The van der Waals surface area contributed by atoms with Gasteiger partial charge in [-0.2, -0.15) is 0 Å². The van der Waals surface area contributed by atoms with Crippen molar-refractivity contribution in [1.82, 2.24) is 5.32 Å². The Bertz CT molecular complexity index is 64.9. The van der Waals surface area contributed by atoms with Crippen LogP contribution in [-0.4, -0.2) is 18.6 Å². The van der Waals surface area contributed by atoms with Crippen LogP contribution in [0.4, 0.5) is 0 Å². The number of nitrogens with one attached hydrogen (secondary N) is 1. The lowest BCUT2D eigenvalue weighted by Crippen LogP contribution is -2.41. The first-order valence-corrected chi connectivity index (χ1v) is 3.28. The number of hydrogen-bond donors (Lipinski definition) is 2. The topological polar surface area (TPSA) is 38.0 Å². The van der Waals surface area contributed by atoms with Gasteiger partial charge in [0.1, 0.15) is 0 Å². The average Bonchev–Trinajstić information content (AvgIpc) is 1.64. The Labute approximate surface area is 50.4 Å². The molecular formula is C6H14N2. The van der Waals surface area contributed by atoms with Crippen LogP contribution in [0, 0.1) is 0 Å². The Kier molecular flexibility index (Phi) is 1.86. The van der Waals surface area contributed by atoms with Crippen LogP contribution in [-0.2, 0) is 0 Å². The normalized spacial score (nSPS) is 39.8. The van der Waals surface area contributed by atoms with Crippen molar-refractivity contribution in [2.24, 2.45) is 5.73 Å². The molecule has 1 aliphatic rings. The van der Waals surface area contributed by atoms with Gasteiger partial charge in [0, 0.05) is 12.1 Å². The number of piperidine rings is 1. The van der Waals surface area contributed by atoms with E-state index in [4.69, 9.17) is 5.73 Å². The molecule has 0 aromatic heterocycles. The Morgan fingerprint density at radius 3 is 2.75 bits per heavy atom. The molecule has 0 aromatic carbocycles. The first-order chi connectivity index (χ1) is 3.79. The maximum atomic E-state index is 5.69. The standard InChI is InChI=1S/C6H14N2/c1-5-4-6(7)2-3-8-5/h5-6,8H,2-4,7H2,1H3/t5-,6+/m1/s1. The zero-order valence-electron chi connectivity index (χ0n) is 5.35. The van der Waals surface area contributed by atoms with Crippen LogP contribution in [0.25, 0.3) is 0 Å². The lowest BCUT2D eigenvalue weighted by atomic mass is 10.0. The van der Waals surface area contributed by atoms with Crippen LogP contribution in [0.5, 0.6) is 0 Å². The highest BCUT2D eigenvalue weighted by atomic mass is 14.9. The molecule has 1 rings (SSSR count). The molecule has 0 aromatic rings. The van der Waals surface area contributed by atoms with Crippen molar-refractivity contribution in [3.05, 3.63) is 0 Å². The fourth-order valence-corrected chi connectivity index (χ4v) is 1.17. The van der Waals surface area contributed by atoms with Gasteiger partial charge in [0.15, 0.2) is 0 Å². The lowest BCUT2D eigenvalue weighted by molar-refractivity contribution is 0.381. The van der Waals surface area contributed by atoms with Crippen molar-refractivity contribution in [1.29, 1.82) is 0 Å². The molecule has 2 heteroatoms. The molecule has 0 unspecified atom stereocenters. The second-order valence-corrected chi connectivity index (χ2v) is 2.64. The van der Waals surface area contributed by atoms with Gasteiger partial charge in [0.25, 0.3) is 0 Å². The van der Waals surface area contributed by atoms with Gasteiger partial charge in [0.2, 0.25) is 0 Å². The third kappa shape index (κ3) is 1.46. The first kappa shape index (κ1) is 6.05. The summed E-state index contributed by atoms with van der Waals surface area (Å²) in [7, 11) is 0. The number of rotatable bonds is 0. The Morgan fingerprint density at radius 1 is 1.62 bits per heavy atom. The minimum absolute atomic E-state index is 0.450. The largest absolute Gasteiger partial charge is 0.328 e. The van der Waals surface area contributed by atoms with Crippen molar-refractivity contribution >= 4 is 0 Å². The third-order valence-corrected chi connectivity index (χ3v) is 1.66. The van der Waals surface area contributed by atoms with Crippen molar-refractivity contribution in [3.63, 3.8) is 0 Å². The van der Waals surface area contributed by atoms with Crippen molar-refractivity contribution in [3.8, 4) is 0 Å². The smallest absolute Gasteiger partial charge is 0.00656 e. The van der Waals surface area contributed by atoms with Gasteiger partial charge < -0.3 is 11.1 Å². The summed E-state index contributed by atoms with van der Waals surface area (Å²) in [6.45, 7) is 3.28. The van der Waals surface area contributed by atoms with E-state index in [1.165, 1.54) is 0 Å². The average molecular weight is 114 g/mol. The maximum absolute atomic E-state index is 5.69. The molecule has 2 atom stereocenters. The van der Waals surface area contributed by atoms with Crippen LogP contribution < -0.4 is 11.1 Å². The summed E-state index contributed by atoms with van der Waals surface area (Å²) in [6.07, 6.45) is 2.28. The molecule has 48 valence electrons. The predicted molar refractivity (Wildman–Crippen MR) is 34.7 cm³/mol. The molecule has 8 heavy (non-hydrogen) atoms. The molecule has 1 heterocycles. The highest BCUT2D eigenvalue weighted by Crippen LogP contribution is 2.04. The van der Waals surface area contributed by atoms with E-state index in [1.807, 2.05) is 0 Å². The Balaban J connectivity index is 2.23. The number of nitrogens with two attached hydrogens (primary N) is 1. The summed E-state index contributed by atoms with van der Waals surface area (Å²) in [6, 6.07) is 1.09. The molecule has 1 fully saturated rings. The van der Waals surface area contributed by atoms with Gasteiger partial charge in [0.05, 0.1) is 0 Å². The van der Waals surface area contributed by atoms with E-state index in [-0.39, 0.29) is 0 Å². The molecule has 0 amide bonds. The second kappa shape index (κ2) is 2.46. The zero-order valence-corrected chi connectivity index (χ0v) is 5.35. The van der Waals surface area contributed by atoms with Gasteiger partial charge in [-0.15, -0.1) is 0 Å². The fourth-order valence-electron chi connectivity index (χ4n) is 1.17. The van der Waals surface area contributed by atoms with Crippen LogP contribution in [0.3, 0.4) is 0 Å². The van der Waals surface area contributed by atoms with Gasteiger partial charge in [-0.05, 0) is 26.3 Å². The fraction of sp³-hybridized carbons (Fsp3) is 1.00. The molecule has 1 aliphatic heterocycles. The molecular weight excluding hydrogens is 100 g/mol. The van der Waals surface area contributed by atoms with Gasteiger partial charge >= 0.3 is 0 Å². The summed E-state index contributed by atoms with van der Waals surface area (Å²) in [5.41, 5.74) is 5.69. The molecule has 3 N–H and O–H groups in total. The van der Waals surface area contributed by atoms with E-state index >= 15 is 0 Å². The summed E-state index contributed by atoms with van der Waals surface area (Å²) >= 11 is 0. The molecule has 0 radical (unpaired) electrons. The predicted octanol–water partition coefficient (Wildman–Crippen LogP) is 0.0856. The van der Waals surface area contributed by atoms with Crippen molar-refractivity contribution in [2.75, 3.05) is 6.54 Å². The van der Waals surface area contributed by atoms with E-state index < -0.39 is 0 Å². The van der Waals surface area contributed by atoms with E-state index in [2.05, 4.69) is 12.2 Å². The minimum Gasteiger partial charge on any atom is -0.328 e. The summed E-state index contributed by atoms with van der Waals surface area (Å²) in [5, 5.41) is 3.33. The SMILES string of the molecule is C[C@@H]1C[C@@H](N)CCN1. The second-order valence-electron chi connectivity index (χ2n) is 2.64. The molecule has 0 saturated carbocycles. The van der Waals surface area contributed by atoms with Crippen molar-refractivity contribution in [2.45, 2.75) is 31.8 Å². The molecule has 0 spiro atoms. The van der Waals surface area contributed by atoms with Gasteiger partial charge in [-0.1, -0.05) is 0 Å². The Hall–Kier alpha value is -0.0800. The summed E-state index contributed by atoms with van der Waals surface area (Å²) in [5.74, 6) is 0. The van der Waals surface area contributed by atoms with Gasteiger partial charge in [-0.3, -0.25) is 0 Å². The highest BCUT2D eigenvalue weighted by Gasteiger charge is 2.12. The lowest BCUT2D eigenvalue weighted by Gasteiger charge is -2.24.